The highest BCUT2D eigenvalue weighted by Gasteiger charge is 2.21. The minimum Gasteiger partial charge on any atom is -0.466 e. The fourth-order valence-electron chi connectivity index (χ4n) is 1.25. The number of benzene rings is 1. The molecule has 0 saturated heterocycles. The van der Waals surface area contributed by atoms with E-state index in [1.807, 2.05) is 0 Å². The molecule has 0 atom stereocenters. The molecule has 1 N–H and O–H groups in total. The van der Waals surface area contributed by atoms with Crippen LogP contribution in [0.15, 0.2) is 41.7 Å². The maximum atomic E-state index is 11.9. The number of methoxy groups -OCH3 is 1. The first-order valence-corrected chi connectivity index (χ1v) is 4.82. The first-order valence-electron chi connectivity index (χ1n) is 4.82. The SMILES string of the molecule is COC(=O)C(C)=C(OO)C(=O)c1ccccc1. The van der Waals surface area contributed by atoms with Crippen LogP contribution < -0.4 is 0 Å². The lowest BCUT2D eigenvalue weighted by Gasteiger charge is -2.06. The van der Waals surface area contributed by atoms with Crippen molar-refractivity contribution in [1.29, 1.82) is 0 Å². The molecule has 5 nitrogen and oxygen atoms in total. The van der Waals surface area contributed by atoms with Crippen LogP contribution in [-0.4, -0.2) is 24.1 Å². The number of rotatable bonds is 4. The molecule has 0 aliphatic rings. The third-order valence-electron chi connectivity index (χ3n) is 2.17. The summed E-state index contributed by atoms with van der Waals surface area (Å²) in [5.41, 5.74) is 0.212. The Kier molecular flexibility index (Phi) is 4.42. The number of ketones is 1. The highest BCUT2D eigenvalue weighted by molar-refractivity contribution is 6.11. The van der Waals surface area contributed by atoms with Crippen molar-refractivity contribution in [3.63, 3.8) is 0 Å². The van der Waals surface area contributed by atoms with Crippen molar-refractivity contribution >= 4 is 11.8 Å². The predicted molar refractivity (Wildman–Crippen MR) is 59.2 cm³/mol. The van der Waals surface area contributed by atoms with Crippen molar-refractivity contribution in [3.05, 3.63) is 47.2 Å². The standard InChI is InChI=1S/C12H12O5/c1-8(12(14)16-2)11(17-15)10(13)9-6-4-3-5-7-9/h3-7,15H,1-2H3. The first-order chi connectivity index (χ1) is 8.11. The van der Waals surface area contributed by atoms with E-state index < -0.39 is 17.5 Å². The van der Waals surface area contributed by atoms with Crippen LogP contribution in [0.2, 0.25) is 0 Å². The molecule has 0 aromatic heterocycles. The molecule has 0 aliphatic carbocycles. The molecule has 1 aromatic rings. The average molecular weight is 236 g/mol. The maximum Gasteiger partial charge on any atom is 0.337 e. The summed E-state index contributed by atoms with van der Waals surface area (Å²) in [6, 6.07) is 8.16. The van der Waals surface area contributed by atoms with E-state index in [9.17, 15) is 9.59 Å². The van der Waals surface area contributed by atoms with Crippen LogP contribution in [-0.2, 0) is 14.4 Å². The number of carbonyl (C=O) groups is 2. The molecule has 0 heterocycles. The highest BCUT2D eigenvalue weighted by atomic mass is 17.1. The Labute approximate surface area is 98.2 Å². The second-order valence-electron chi connectivity index (χ2n) is 3.23. The van der Waals surface area contributed by atoms with Crippen LogP contribution in [0.3, 0.4) is 0 Å². The molecule has 0 radical (unpaired) electrons. The van der Waals surface area contributed by atoms with Crippen LogP contribution in [0.5, 0.6) is 0 Å². The monoisotopic (exact) mass is 236 g/mol. The van der Waals surface area contributed by atoms with E-state index in [0.29, 0.717) is 5.56 Å². The summed E-state index contributed by atoms with van der Waals surface area (Å²) in [6.45, 7) is 1.33. The van der Waals surface area contributed by atoms with Gasteiger partial charge in [0.15, 0.2) is 0 Å². The van der Waals surface area contributed by atoms with Crippen molar-refractivity contribution in [2.45, 2.75) is 6.92 Å². The normalized spacial score (nSPS) is 11.5. The zero-order valence-corrected chi connectivity index (χ0v) is 9.47. The molecule has 0 saturated carbocycles. The molecule has 5 heteroatoms. The Hall–Kier alpha value is -2.14. The second-order valence-corrected chi connectivity index (χ2v) is 3.23. The summed E-state index contributed by atoms with van der Waals surface area (Å²) in [4.78, 5) is 27.1. The fourth-order valence-corrected chi connectivity index (χ4v) is 1.25. The third kappa shape index (κ3) is 2.92. The number of carbonyl (C=O) groups excluding carboxylic acids is 2. The molecule has 17 heavy (non-hydrogen) atoms. The minimum atomic E-state index is -0.738. The molecule has 1 rings (SSSR count). The number of hydrogen-bond donors (Lipinski definition) is 1. The molecule has 0 fully saturated rings. The van der Waals surface area contributed by atoms with Gasteiger partial charge in [-0.15, -0.1) is 0 Å². The predicted octanol–water partition coefficient (Wildman–Crippen LogP) is 1.81. The lowest BCUT2D eigenvalue weighted by molar-refractivity contribution is -0.199. The summed E-state index contributed by atoms with van der Waals surface area (Å²) in [7, 11) is 1.17. The largest absolute Gasteiger partial charge is 0.466 e. The van der Waals surface area contributed by atoms with Gasteiger partial charge in [-0.3, -0.25) is 4.79 Å². The van der Waals surface area contributed by atoms with Gasteiger partial charge in [0.25, 0.3) is 0 Å². The van der Waals surface area contributed by atoms with Gasteiger partial charge in [0.05, 0.1) is 12.7 Å². The molecule has 1 aromatic carbocycles. The van der Waals surface area contributed by atoms with Gasteiger partial charge in [-0.1, -0.05) is 30.3 Å². The number of Topliss-reactive ketones (excluding diaryl/α,β-unsaturated/α-hetero) is 1. The Morgan fingerprint density at radius 1 is 1.18 bits per heavy atom. The van der Waals surface area contributed by atoms with E-state index in [1.165, 1.54) is 14.0 Å². The molecule has 0 bridgehead atoms. The van der Waals surface area contributed by atoms with Crippen LogP contribution >= 0.6 is 0 Å². The van der Waals surface area contributed by atoms with Gasteiger partial charge >= 0.3 is 5.97 Å². The van der Waals surface area contributed by atoms with Crippen molar-refractivity contribution in [1.82, 2.24) is 0 Å². The van der Waals surface area contributed by atoms with Crippen LogP contribution in [0.25, 0.3) is 0 Å². The Bertz CT molecular complexity index is 447. The Morgan fingerprint density at radius 3 is 2.24 bits per heavy atom. The van der Waals surface area contributed by atoms with Crippen molar-refractivity contribution < 1.29 is 24.5 Å². The molecule has 0 unspecified atom stereocenters. The van der Waals surface area contributed by atoms with Gasteiger partial charge in [0.1, 0.15) is 0 Å². The quantitative estimate of drug-likeness (QED) is 0.215. The molecule has 90 valence electrons. The lowest BCUT2D eigenvalue weighted by Crippen LogP contribution is -2.13. The van der Waals surface area contributed by atoms with Gasteiger partial charge in [-0.25, -0.2) is 10.1 Å². The van der Waals surface area contributed by atoms with Crippen LogP contribution in [0, 0.1) is 0 Å². The van der Waals surface area contributed by atoms with Crippen molar-refractivity contribution in [2.24, 2.45) is 0 Å². The van der Waals surface area contributed by atoms with Gasteiger partial charge < -0.3 is 9.62 Å². The van der Waals surface area contributed by atoms with E-state index in [0.717, 1.165) is 0 Å². The van der Waals surface area contributed by atoms with Gasteiger partial charge in [-0.2, -0.15) is 0 Å². The topological polar surface area (TPSA) is 72.8 Å². The molecule has 0 amide bonds. The van der Waals surface area contributed by atoms with E-state index >= 15 is 0 Å². The van der Waals surface area contributed by atoms with Crippen LogP contribution in [0.1, 0.15) is 17.3 Å². The smallest absolute Gasteiger partial charge is 0.337 e. The molecule has 0 spiro atoms. The van der Waals surface area contributed by atoms with Gasteiger partial charge in [-0.05, 0) is 6.92 Å². The summed E-state index contributed by atoms with van der Waals surface area (Å²) in [5, 5.41) is 8.69. The van der Waals surface area contributed by atoms with Crippen LogP contribution in [0.4, 0.5) is 0 Å². The summed E-state index contributed by atoms with van der Waals surface area (Å²) < 4.78 is 4.44. The summed E-state index contributed by atoms with van der Waals surface area (Å²) >= 11 is 0. The van der Waals surface area contributed by atoms with E-state index in [4.69, 9.17) is 5.26 Å². The second kappa shape index (κ2) is 5.81. The molecular formula is C12H12O5. The van der Waals surface area contributed by atoms with Crippen molar-refractivity contribution in [3.8, 4) is 0 Å². The maximum absolute atomic E-state index is 11.9. The zero-order valence-electron chi connectivity index (χ0n) is 9.47. The number of ether oxygens (including phenoxy) is 1. The number of allylic oxidation sites excluding steroid dienone is 1. The van der Waals surface area contributed by atoms with E-state index in [1.54, 1.807) is 30.3 Å². The Morgan fingerprint density at radius 2 is 1.76 bits per heavy atom. The molecule has 0 aliphatic heterocycles. The minimum absolute atomic E-state index is 0.0937. The Balaban J connectivity index is 3.12. The van der Waals surface area contributed by atoms with Gasteiger partial charge in [0.2, 0.25) is 11.5 Å². The highest BCUT2D eigenvalue weighted by Crippen LogP contribution is 2.14. The van der Waals surface area contributed by atoms with E-state index in [-0.39, 0.29) is 5.57 Å². The first kappa shape index (κ1) is 12.9. The summed E-state index contributed by atoms with van der Waals surface area (Å²) in [5.74, 6) is -1.77. The van der Waals surface area contributed by atoms with Crippen molar-refractivity contribution in [2.75, 3.05) is 7.11 Å². The number of hydrogen-bond acceptors (Lipinski definition) is 5. The lowest BCUT2D eigenvalue weighted by atomic mass is 10.1. The molecular weight excluding hydrogens is 224 g/mol. The van der Waals surface area contributed by atoms with E-state index in [2.05, 4.69) is 9.62 Å². The summed E-state index contributed by atoms with van der Waals surface area (Å²) in [6.07, 6.45) is 0. The average Bonchev–Trinajstić information content (AvgIpc) is 2.39. The zero-order chi connectivity index (χ0) is 12.8. The third-order valence-corrected chi connectivity index (χ3v) is 2.17. The number of esters is 1. The fraction of sp³-hybridized carbons (Fsp3) is 0.167. The van der Waals surface area contributed by atoms with Gasteiger partial charge in [0, 0.05) is 5.56 Å².